The lowest BCUT2D eigenvalue weighted by molar-refractivity contribution is 0.623. The van der Waals surface area contributed by atoms with Crippen molar-refractivity contribution >= 4 is 0 Å². The van der Waals surface area contributed by atoms with Gasteiger partial charge in [0.05, 0.1) is 18.1 Å². The standard InChI is InChI=1S/C13H16FN3/c1-9-5-11(14)4-3-10(9)6-12(15)13-7-17(2)8-16-13/h3-5,7-8,12H,6,15H2,1-2H3. The fraction of sp³-hybridized carbons (Fsp3) is 0.308. The Bertz CT molecular complexity index is 519. The molecule has 1 heterocycles. The van der Waals surface area contributed by atoms with E-state index in [1.807, 2.05) is 24.7 Å². The van der Waals surface area contributed by atoms with Gasteiger partial charge in [-0.1, -0.05) is 6.07 Å². The van der Waals surface area contributed by atoms with E-state index in [0.717, 1.165) is 16.8 Å². The van der Waals surface area contributed by atoms with E-state index < -0.39 is 0 Å². The maximum absolute atomic E-state index is 13.0. The summed E-state index contributed by atoms with van der Waals surface area (Å²) in [5.74, 6) is -0.211. The van der Waals surface area contributed by atoms with Gasteiger partial charge in [0, 0.05) is 13.2 Å². The van der Waals surface area contributed by atoms with Crippen molar-refractivity contribution in [2.24, 2.45) is 12.8 Å². The van der Waals surface area contributed by atoms with Crippen LogP contribution in [0.5, 0.6) is 0 Å². The minimum atomic E-state index is -0.211. The van der Waals surface area contributed by atoms with Crippen molar-refractivity contribution in [3.63, 3.8) is 0 Å². The number of aromatic nitrogens is 2. The fourth-order valence-corrected chi connectivity index (χ4v) is 1.85. The first-order valence-corrected chi connectivity index (χ1v) is 5.54. The van der Waals surface area contributed by atoms with Crippen molar-refractivity contribution in [3.05, 3.63) is 53.4 Å². The minimum absolute atomic E-state index is 0.152. The van der Waals surface area contributed by atoms with Crippen molar-refractivity contribution in [1.82, 2.24) is 9.55 Å². The number of aryl methyl sites for hydroxylation is 2. The molecule has 0 radical (unpaired) electrons. The van der Waals surface area contributed by atoms with Crippen LogP contribution in [0.1, 0.15) is 22.9 Å². The van der Waals surface area contributed by atoms with Crippen molar-refractivity contribution in [3.8, 4) is 0 Å². The second-order valence-electron chi connectivity index (χ2n) is 4.35. The van der Waals surface area contributed by atoms with Crippen LogP contribution >= 0.6 is 0 Å². The molecule has 90 valence electrons. The number of nitrogens with two attached hydrogens (primary N) is 1. The number of benzene rings is 1. The third-order valence-electron chi connectivity index (χ3n) is 2.85. The molecule has 2 rings (SSSR count). The Morgan fingerprint density at radius 1 is 1.47 bits per heavy atom. The number of imidazole rings is 1. The zero-order valence-corrected chi connectivity index (χ0v) is 10.0. The summed E-state index contributed by atoms with van der Waals surface area (Å²) in [4.78, 5) is 4.22. The Balaban J connectivity index is 2.15. The molecule has 1 unspecified atom stereocenters. The molecule has 2 N–H and O–H groups in total. The zero-order valence-electron chi connectivity index (χ0n) is 10.0. The highest BCUT2D eigenvalue weighted by Crippen LogP contribution is 2.17. The van der Waals surface area contributed by atoms with Gasteiger partial charge in [0.25, 0.3) is 0 Å². The van der Waals surface area contributed by atoms with Crippen LogP contribution in [0.2, 0.25) is 0 Å². The highest BCUT2D eigenvalue weighted by molar-refractivity contribution is 5.28. The predicted molar refractivity (Wildman–Crippen MR) is 65.0 cm³/mol. The van der Waals surface area contributed by atoms with Gasteiger partial charge in [0.2, 0.25) is 0 Å². The van der Waals surface area contributed by atoms with Gasteiger partial charge in [-0.25, -0.2) is 9.37 Å². The third-order valence-corrected chi connectivity index (χ3v) is 2.85. The molecule has 17 heavy (non-hydrogen) atoms. The first-order chi connectivity index (χ1) is 8.06. The summed E-state index contributed by atoms with van der Waals surface area (Å²) in [6.07, 6.45) is 4.30. The summed E-state index contributed by atoms with van der Waals surface area (Å²) in [5, 5.41) is 0. The quantitative estimate of drug-likeness (QED) is 0.882. The summed E-state index contributed by atoms with van der Waals surface area (Å²) >= 11 is 0. The molecule has 0 aliphatic heterocycles. The van der Waals surface area contributed by atoms with Crippen molar-refractivity contribution < 1.29 is 4.39 Å². The van der Waals surface area contributed by atoms with Gasteiger partial charge < -0.3 is 10.3 Å². The topological polar surface area (TPSA) is 43.8 Å². The smallest absolute Gasteiger partial charge is 0.123 e. The number of halogens is 1. The van der Waals surface area contributed by atoms with E-state index in [1.54, 1.807) is 12.4 Å². The van der Waals surface area contributed by atoms with Crippen LogP contribution in [0, 0.1) is 12.7 Å². The number of hydrogen-bond acceptors (Lipinski definition) is 2. The average molecular weight is 233 g/mol. The molecule has 0 saturated carbocycles. The molecule has 3 nitrogen and oxygen atoms in total. The van der Waals surface area contributed by atoms with E-state index >= 15 is 0 Å². The second kappa shape index (κ2) is 4.67. The highest BCUT2D eigenvalue weighted by Gasteiger charge is 2.11. The average Bonchev–Trinajstić information content (AvgIpc) is 2.69. The molecule has 0 amide bonds. The van der Waals surface area contributed by atoms with Gasteiger partial charge in [-0.2, -0.15) is 0 Å². The van der Waals surface area contributed by atoms with Gasteiger partial charge >= 0.3 is 0 Å². The van der Waals surface area contributed by atoms with E-state index in [1.165, 1.54) is 12.1 Å². The molecule has 0 spiro atoms. The molecule has 0 saturated heterocycles. The van der Waals surface area contributed by atoms with Crippen LogP contribution in [0.4, 0.5) is 4.39 Å². The lowest BCUT2D eigenvalue weighted by Gasteiger charge is -2.11. The lowest BCUT2D eigenvalue weighted by atomic mass is 10.00. The molecular formula is C13H16FN3. The van der Waals surface area contributed by atoms with Gasteiger partial charge in [0.15, 0.2) is 0 Å². The molecule has 4 heteroatoms. The fourth-order valence-electron chi connectivity index (χ4n) is 1.85. The molecule has 2 aromatic rings. The van der Waals surface area contributed by atoms with E-state index in [2.05, 4.69) is 4.98 Å². The largest absolute Gasteiger partial charge is 0.340 e. The summed E-state index contributed by atoms with van der Waals surface area (Å²) in [7, 11) is 1.91. The minimum Gasteiger partial charge on any atom is -0.340 e. The van der Waals surface area contributed by atoms with E-state index in [4.69, 9.17) is 5.73 Å². The van der Waals surface area contributed by atoms with Gasteiger partial charge in [-0.3, -0.25) is 0 Å². The van der Waals surface area contributed by atoms with Crippen molar-refractivity contribution in [1.29, 1.82) is 0 Å². The van der Waals surface area contributed by atoms with Crippen LogP contribution < -0.4 is 5.73 Å². The van der Waals surface area contributed by atoms with Gasteiger partial charge in [-0.15, -0.1) is 0 Å². The van der Waals surface area contributed by atoms with Crippen LogP contribution in [-0.4, -0.2) is 9.55 Å². The first-order valence-electron chi connectivity index (χ1n) is 5.54. The Labute approximate surface area is 100 Å². The highest BCUT2D eigenvalue weighted by atomic mass is 19.1. The zero-order chi connectivity index (χ0) is 12.4. The molecule has 0 fully saturated rings. The number of nitrogens with zero attached hydrogens (tertiary/aromatic N) is 2. The summed E-state index contributed by atoms with van der Waals surface area (Å²) in [6, 6.07) is 4.63. The van der Waals surface area contributed by atoms with Crippen LogP contribution in [0.15, 0.2) is 30.7 Å². The predicted octanol–water partition coefficient (Wildman–Crippen LogP) is 2.11. The Morgan fingerprint density at radius 3 is 2.82 bits per heavy atom. The normalized spacial score (nSPS) is 12.7. The van der Waals surface area contributed by atoms with Crippen LogP contribution in [0.3, 0.4) is 0 Å². The van der Waals surface area contributed by atoms with E-state index in [9.17, 15) is 4.39 Å². The van der Waals surface area contributed by atoms with Crippen LogP contribution in [0.25, 0.3) is 0 Å². The molecule has 0 aliphatic rings. The molecule has 1 aromatic heterocycles. The van der Waals surface area contributed by atoms with E-state index in [0.29, 0.717) is 6.42 Å². The monoisotopic (exact) mass is 233 g/mol. The van der Waals surface area contributed by atoms with E-state index in [-0.39, 0.29) is 11.9 Å². The molecular weight excluding hydrogens is 217 g/mol. The van der Waals surface area contributed by atoms with Crippen molar-refractivity contribution in [2.45, 2.75) is 19.4 Å². The lowest BCUT2D eigenvalue weighted by Crippen LogP contribution is -2.14. The maximum atomic E-state index is 13.0. The third kappa shape index (κ3) is 2.71. The molecule has 1 atom stereocenters. The SMILES string of the molecule is Cc1cc(F)ccc1CC(N)c1cn(C)cn1. The summed E-state index contributed by atoms with van der Waals surface area (Å²) < 4.78 is 14.8. The number of hydrogen-bond donors (Lipinski definition) is 1. The van der Waals surface area contributed by atoms with Gasteiger partial charge in [0.1, 0.15) is 5.82 Å². The maximum Gasteiger partial charge on any atom is 0.123 e. The Morgan fingerprint density at radius 2 is 2.24 bits per heavy atom. The summed E-state index contributed by atoms with van der Waals surface area (Å²) in [5.41, 5.74) is 8.92. The molecule has 0 bridgehead atoms. The Hall–Kier alpha value is -1.68. The van der Waals surface area contributed by atoms with Gasteiger partial charge in [-0.05, 0) is 36.6 Å². The molecule has 0 aliphatic carbocycles. The van der Waals surface area contributed by atoms with Crippen molar-refractivity contribution in [2.75, 3.05) is 0 Å². The first kappa shape index (κ1) is 11.8. The summed E-state index contributed by atoms with van der Waals surface area (Å²) in [6.45, 7) is 1.89. The molecule has 1 aromatic carbocycles. The van der Waals surface area contributed by atoms with Crippen LogP contribution in [-0.2, 0) is 13.5 Å². The second-order valence-corrected chi connectivity index (χ2v) is 4.35. The Kier molecular flexibility index (Phi) is 3.24. The number of rotatable bonds is 3.